The molecule has 2 amide bonds. The molecule has 4 nitrogen and oxygen atoms in total. The molecule has 1 aliphatic heterocycles. The molecule has 0 radical (unpaired) electrons. The lowest BCUT2D eigenvalue weighted by Gasteiger charge is -2.24. The van der Waals surface area contributed by atoms with Crippen LogP contribution in [0, 0.1) is 0 Å². The highest BCUT2D eigenvalue weighted by atomic mass is 16.2. The zero-order valence-electron chi connectivity index (χ0n) is 14.3. The van der Waals surface area contributed by atoms with Gasteiger partial charge in [0.05, 0.1) is 0 Å². The SMILES string of the molecule is CCCC(=O)N1CCC[C@@H]1C(=O)NCC[C@@H](C)c1ccccc1. The van der Waals surface area contributed by atoms with Gasteiger partial charge in [-0.25, -0.2) is 0 Å². The number of rotatable bonds is 7. The van der Waals surface area contributed by atoms with Crippen molar-refractivity contribution in [2.24, 2.45) is 0 Å². The van der Waals surface area contributed by atoms with E-state index in [0.717, 1.165) is 32.2 Å². The molecule has 1 saturated heterocycles. The molecule has 0 bridgehead atoms. The summed E-state index contributed by atoms with van der Waals surface area (Å²) in [6, 6.07) is 10.1. The first-order chi connectivity index (χ1) is 11.1. The maximum Gasteiger partial charge on any atom is 0.242 e. The highest BCUT2D eigenvalue weighted by molar-refractivity contribution is 5.88. The molecular formula is C19H28N2O2. The molecule has 4 heteroatoms. The molecule has 0 unspecified atom stereocenters. The first-order valence-corrected chi connectivity index (χ1v) is 8.75. The van der Waals surface area contributed by atoms with Crippen LogP contribution in [0.1, 0.15) is 57.4 Å². The van der Waals surface area contributed by atoms with E-state index in [1.165, 1.54) is 5.56 Å². The van der Waals surface area contributed by atoms with Crippen LogP contribution in [-0.2, 0) is 9.59 Å². The Morgan fingerprint density at radius 1 is 1.30 bits per heavy atom. The van der Waals surface area contributed by atoms with Crippen LogP contribution < -0.4 is 5.32 Å². The van der Waals surface area contributed by atoms with Crippen molar-refractivity contribution >= 4 is 11.8 Å². The summed E-state index contributed by atoms with van der Waals surface area (Å²) in [5.41, 5.74) is 1.29. The summed E-state index contributed by atoms with van der Waals surface area (Å²) in [4.78, 5) is 26.2. The summed E-state index contributed by atoms with van der Waals surface area (Å²) in [6.07, 6.45) is 3.99. The van der Waals surface area contributed by atoms with Crippen LogP contribution in [0.4, 0.5) is 0 Å². The van der Waals surface area contributed by atoms with E-state index in [4.69, 9.17) is 0 Å². The fourth-order valence-corrected chi connectivity index (χ4v) is 3.17. The molecule has 1 N–H and O–H groups in total. The van der Waals surface area contributed by atoms with Crippen molar-refractivity contribution in [1.29, 1.82) is 0 Å². The van der Waals surface area contributed by atoms with Crippen molar-refractivity contribution < 1.29 is 9.59 Å². The van der Waals surface area contributed by atoms with Crippen molar-refractivity contribution in [3.8, 4) is 0 Å². The second-order valence-corrected chi connectivity index (χ2v) is 6.39. The van der Waals surface area contributed by atoms with Crippen LogP contribution >= 0.6 is 0 Å². The van der Waals surface area contributed by atoms with Gasteiger partial charge < -0.3 is 10.2 Å². The van der Waals surface area contributed by atoms with Gasteiger partial charge in [0, 0.05) is 19.5 Å². The smallest absolute Gasteiger partial charge is 0.242 e. The summed E-state index contributed by atoms with van der Waals surface area (Å²) < 4.78 is 0. The van der Waals surface area contributed by atoms with Gasteiger partial charge in [-0.3, -0.25) is 9.59 Å². The summed E-state index contributed by atoms with van der Waals surface area (Å²) in [7, 11) is 0. The lowest BCUT2D eigenvalue weighted by molar-refractivity contribution is -0.138. The Bertz CT molecular complexity index is 515. The van der Waals surface area contributed by atoms with Gasteiger partial charge in [0.1, 0.15) is 6.04 Å². The van der Waals surface area contributed by atoms with Crippen LogP contribution in [0.2, 0.25) is 0 Å². The van der Waals surface area contributed by atoms with E-state index < -0.39 is 0 Å². The van der Waals surface area contributed by atoms with E-state index in [-0.39, 0.29) is 17.9 Å². The fraction of sp³-hybridized carbons (Fsp3) is 0.579. The maximum absolute atomic E-state index is 12.4. The summed E-state index contributed by atoms with van der Waals surface area (Å²) >= 11 is 0. The number of amides is 2. The number of carbonyl (C=O) groups excluding carboxylic acids is 2. The van der Waals surface area contributed by atoms with Crippen LogP contribution in [0.15, 0.2) is 30.3 Å². The first kappa shape index (κ1) is 17.5. The van der Waals surface area contributed by atoms with Gasteiger partial charge in [-0.2, -0.15) is 0 Å². The number of carbonyl (C=O) groups is 2. The third-order valence-corrected chi connectivity index (χ3v) is 4.58. The molecule has 1 heterocycles. The second-order valence-electron chi connectivity index (χ2n) is 6.39. The molecule has 0 saturated carbocycles. The second kappa shape index (κ2) is 8.70. The highest BCUT2D eigenvalue weighted by Crippen LogP contribution is 2.20. The van der Waals surface area contributed by atoms with E-state index in [9.17, 15) is 9.59 Å². The molecule has 1 fully saturated rings. The minimum atomic E-state index is -0.263. The van der Waals surface area contributed by atoms with Crippen LogP contribution in [0.5, 0.6) is 0 Å². The van der Waals surface area contributed by atoms with Crippen LogP contribution in [0.3, 0.4) is 0 Å². The zero-order chi connectivity index (χ0) is 16.7. The minimum absolute atomic E-state index is 0.00668. The number of benzene rings is 1. The molecule has 0 aromatic heterocycles. The fourth-order valence-electron chi connectivity index (χ4n) is 3.17. The summed E-state index contributed by atoms with van der Waals surface area (Å²) in [5.74, 6) is 0.535. The topological polar surface area (TPSA) is 49.4 Å². The van der Waals surface area contributed by atoms with E-state index >= 15 is 0 Å². The Morgan fingerprint density at radius 2 is 2.04 bits per heavy atom. The number of nitrogens with zero attached hydrogens (tertiary/aromatic N) is 1. The van der Waals surface area contributed by atoms with Crippen molar-refractivity contribution in [2.45, 2.75) is 57.9 Å². The molecule has 1 aromatic rings. The first-order valence-electron chi connectivity index (χ1n) is 8.75. The van der Waals surface area contributed by atoms with Gasteiger partial charge in [0.2, 0.25) is 11.8 Å². The Balaban J connectivity index is 1.79. The van der Waals surface area contributed by atoms with Gasteiger partial charge in [-0.1, -0.05) is 44.2 Å². The molecule has 0 aliphatic carbocycles. The van der Waals surface area contributed by atoms with Crippen LogP contribution in [-0.4, -0.2) is 35.8 Å². The molecule has 0 spiro atoms. The number of hydrogen-bond acceptors (Lipinski definition) is 2. The third kappa shape index (κ3) is 4.81. The van der Waals surface area contributed by atoms with Crippen molar-refractivity contribution in [1.82, 2.24) is 10.2 Å². The molecule has 23 heavy (non-hydrogen) atoms. The molecule has 126 valence electrons. The van der Waals surface area contributed by atoms with Crippen molar-refractivity contribution in [3.05, 3.63) is 35.9 Å². The van der Waals surface area contributed by atoms with E-state index in [1.54, 1.807) is 4.90 Å². The molecular weight excluding hydrogens is 288 g/mol. The monoisotopic (exact) mass is 316 g/mol. The standard InChI is InChI=1S/C19H28N2O2/c1-3-8-18(22)21-14-7-11-17(21)19(23)20-13-12-15(2)16-9-5-4-6-10-16/h4-6,9-10,15,17H,3,7-8,11-14H2,1-2H3,(H,20,23)/t15-,17-/m1/s1. The number of nitrogens with one attached hydrogen (secondary N) is 1. The summed E-state index contributed by atoms with van der Waals surface area (Å²) in [6.45, 7) is 5.54. The van der Waals surface area contributed by atoms with Gasteiger partial charge in [0.15, 0.2) is 0 Å². The Morgan fingerprint density at radius 3 is 2.74 bits per heavy atom. The van der Waals surface area contributed by atoms with E-state index in [2.05, 4.69) is 24.4 Å². The van der Waals surface area contributed by atoms with Crippen LogP contribution in [0.25, 0.3) is 0 Å². The molecule has 1 aromatic carbocycles. The minimum Gasteiger partial charge on any atom is -0.354 e. The van der Waals surface area contributed by atoms with Gasteiger partial charge >= 0.3 is 0 Å². The lowest BCUT2D eigenvalue weighted by atomic mass is 9.98. The average molecular weight is 316 g/mol. The largest absolute Gasteiger partial charge is 0.354 e. The number of likely N-dealkylation sites (tertiary alicyclic amines) is 1. The van der Waals surface area contributed by atoms with Gasteiger partial charge in [0.25, 0.3) is 0 Å². The molecule has 2 atom stereocenters. The normalized spacial score (nSPS) is 18.7. The zero-order valence-corrected chi connectivity index (χ0v) is 14.3. The Kier molecular flexibility index (Phi) is 6.63. The van der Waals surface area contributed by atoms with Crippen molar-refractivity contribution in [2.75, 3.05) is 13.1 Å². The number of hydrogen-bond donors (Lipinski definition) is 1. The molecule has 1 aliphatic rings. The predicted octanol–water partition coefficient (Wildman–Crippen LogP) is 3.09. The average Bonchev–Trinajstić information content (AvgIpc) is 3.05. The van der Waals surface area contributed by atoms with Gasteiger partial charge in [-0.05, 0) is 37.2 Å². The maximum atomic E-state index is 12.4. The molecule has 2 rings (SSSR count). The summed E-state index contributed by atoms with van der Waals surface area (Å²) in [5, 5.41) is 3.02. The Labute approximate surface area is 139 Å². The third-order valence-electron chi connectivity index (χ3n) is 4.58. The lowest BCUT2D eigenvalue weighted by Crippen LogP contribution is -2.46. The predicted molar refractivity (Wildman–Crippen MR) is 92.1 cm³/mol. The van der Waals surface area contributed by atoms with E-state index in [1.807, 2.05) is 25.1 Å². The quantitative estimate of drug-likeness (QED) is 0.840. The highest BCUT2D eigenvalue weighted by Gasteiger charge is 2.33. The Hall–Kier alpha value is -1.84. The van der Waals surface area contributed by atoms with Crippen molar-refractivity contribution in [3.63, 3.8) is 0 Å². The van der Waals surface area contributed by atoms with Gasteiger partial charge in [-0.15, -0.1) is 0 Å². The van der Waals surface area contributed by atoms with E-state index in [0.29, 0.717) is 18.9 Å².